The molecule has 1 aromatic rings. The van der Waals surface area contributed by atoms with Gasteiger partial charge in [0.15, 0.2) is 11.6 Å². The fourth-order valence-corrected chi connectivity index (χ4v) is 6.93. The second-order valence-corrected chi connectivity index (χ2v) is 10.5. The molecule has 0 bridgehead atoms. The maximum Gasteiger partial charge on any atom is 0.162 e. The summed E-state index contributed by atoms with van der Waals surface area (Å²) in [7, 11) is 0. The Balaban J connectivity index is 1.23. The molecule has 2 fully saturated rings. The van der Waals surface area contributed by atoms with Crippen LogP contribution in [0.1, 0.15) is 102 Å². The lowest BCUT2D eigenvalue weighted by molar-refractivity contribution is 0.118. The van der Waals surface area contributed by atoms with Crippen LogP contribution in [0.15, 0.2) is 12.1 Å². The summed E-state index contributed by atoms with van der Waals surface area (Å²) in [5.74, 6) is 3.19. The first-order valence-electron chi connectivity index (χ1n) is 12.6. The van der Waals surface area contributed by atoms with Gasteiger partial charge in [0.25, 0.3) is 0 Å². The Morgan fingerprint density at radius 3 is 2.03 bits per heavy atom. The molecule has 1 atom stereocenters. The highest BCUT2D eigenvalue weighted by Gasteiger charge is 2.34. The van der Waals surface area contributed by atoms with Crippen LogP contribution < -0.4 is 0 Å². The second kappa shape index (κ2) is 9.92. The molecule has 0 aliphatic heterocycles. The van der Waals surface area contributed by atoms with E-state index in [-0.39, 0.29) is 0 Å². The van der Waals surface area contributed by atoms with Crippen molar-refractivity contribution >= 4 is 0 Å². The monoisotopic (exact) mass is 402 g/mol. The zero-order chi connectivity index (χ0) is 20.2. The molecule has 1 aromatic carbocycles. The van der Waals surface area contributed by atoms with Gasteiger partial charge in [0.1, 0.15) is 0 Å². The normalized spacial score (nSPS) is 32.7. The van der Waals surface area contributed by atoms with Crippen LogP contribution in [0.4, 0.5) is 8.78 Å². The van der Waals surface area contributed by atoms with E-state index >= 15 is 0 Å². The van der Waals surface area contributed by atoms with E-state index in [2.05, 4.69) is 6.92 Å². The Morgan fingerprint density at radius 2 is 1.38 bits per heavy atom. The highest BCUT2D eigenvalue weighted by atomic mass is 19.2. The van der Waals surface area contributed by atoms with Gasteiger partial charge in [0.05, 0.1) is 0 Å². The maximum atomic E-state index is 14.0. The van der Waals surface area contributed by atoms with Gasteiger partial charge in [-0.25, -0.2) is 8.78 Å². The number of rotatable bonds is 6. The minimum atomic E-state index is -0.678. The number of hydrogen-bond donors (Lipinski definition) is 0. The topological polar surface area (TPSA) is 0 Å². The van der Waals surface area contributed by atoms with E-state index in [1.165, 1.54) is 83.1 Å². The fourth-order valence-electron chi connectivity index (χ4n) is 6.93. The Hall–Kier alpha value is -0.920. The number of unbranched alkanes of at least 4 members (excludes halogenated alkanes) is 2. The van der Waals surface area contributed by atoms with Gasteiger partial charge in [0.2, 0.25) is 0 Å². The summed E-state index contributed by atoms with van der Waals surface area (Å²) in [6.45, 7) is 2.30. The molecular formula is C27H40F2. The van der Waals surface area contributed by atoms with Crippen LogP contribution in [0.2, 0.25) is 0 Å². The zero-order valence-electron chi connectivity index (χ0n) is 18.4. The van der Waals surface area contributed by atoms with Gasteiger partial charge < -0.3 is 0 Å². The van der Waals surface area contributed by atoms with Gasteiger partial charge in [0, 0.05) is 0 Å². The summed E-state index contributed by atoms with van der Waals surface area (Å²) < 4.78 is 27.6. The van der Waals surface area contributed by atoms with Crippen LogP contribution in [0.5, 0.6) is 0 Å². The molecule has 0 spiro atoms. The van der Waals surface area contributed by atoms with Crippen molar-refractivity contribution in [3.63, 3.8) is 0 Å². The molecule has 4 rings (SSSR count). The molecule has 0 heterocycles. The third kappa shape index (κ3) is 5.05. The summed E-state index contributed by atoms with van der Waals surface area (Å²) in [6.07, 6.45) is 19.9. The van der Waals surface area contributed by atoms with Crippen molar-refractivity contribution in [2.75, 3.05) is 0 Å². The molecule has 0 nitrogen and oxygen atoms in total. The molecule has 2 saturated carbocycles. The van der Waals surface area contributed by atoms with Crippen molar-refractivity contribution < 1.29 is 8.78 Å². The van der Waals surface area contributed by atoms with E-state index in [9.17, 15) is 8.78 Å². The molecule has 3 aliphatic carbocycles. The number of halogens is 2. The summed E-state index contributed by atoms with van der Waals surface area (Å²) in [4.78, 5) is 0. The summed E-state index contributed by atoms with van der Waals surface area (Å²) >= 11 is 0. The van der Waals surface area contributed by atoms with Gasteiger partial charge >= 0.3 is 0 Å². The molecule has 162 valence electrons. The van der Waals surface area contributed by atoms with Gasteiger partial charge in [-0.3, -0.25) is 0 Å². The average molecular weight is 403 g/mol. The van der Waals surface area contributed by atoms with Crippen LogP contribution in [-0.4, -0.2) is 0 Å². The largest absolute Gasteiger partial charge is 0.204 e. The fraction of sp³-hybridized carbons (Fsp3) is 0.778. The van der Waals surface area contributed by atoms with Crippen molar-refractivity contribution in [3.05, 3.63) is 34.9 Å². The lowest BCUT2D eigenvalue weighted by Gasteiger charge is -2.41. The standard InChI is InChI=1S/C27H40F2/c1-2-3-4-5-19-6-8-20(9-7-19)21-10-12-22(13-11-21)23-14-16-25-24(18-23)15-17-26(28)27(25)29/h15,17,19-23H,2-14,16,18H2,1H3. The summed E-state index contributed by atoms with van der Waals surface area (Å²) in [5.41, 5.74) is 1.73. The molecule has 29 heavy (non-hydrogen) atoms. The predicted octanol–water partition coefficient (Wildman–Crippen LogP) is 8.26. The van der Waals surface area contributed by atoms with Crippen molar-refractivity contribution in [1.82, 2.24) is 0 Å². The third-order valence-corrected chi connectivity index (χ3v) is 8.80. The molecule has 2 heteroatoms. The lowest BCUT2D eigenvalue weighted by Crippen LogP contribution is -2.30. The minimum absolute atomic E-state index is 0.588. The van der Waals surface area contributed by atoms with Crippen LogP contribution in [0, 0.1) is 41.2 Å². The van der Waals surface area contributed by atoms with Gasteiger partial charge in [-0.05, 0) is 105 Å². The first kappa shape index (κ1) is 21.3. The van der Waals surface area contributed by atoms with E-state index in [1.54, 1.807) is 0 Å². The zero-order valence-corrected chi connectivity index (χ0v) is 18.4. The SMILES string of the molecule is CCCCCC1CCC(C2CCC(C3CCc4c(ccc(F)c4F)C3)CC2)CC1. The molecule has 0 radical (unpaired) electrons. The third-order valence-electron chi connectivity index (χ3n) is 8.80. The molecule has 1 unspecified atom stereocenters. The van der Waals surface area contributed by atoms with E-state index < -0.39 is 11.6 Å². The molecule has 0 aromatic heterocycles. The van der Waals surface area contributed by atoms with Crippen molar-refractivity contribution in [3.8, 4) is 0 Å². The quantitative estimate of drug-likeness (QED) is 0.420. The average Bonchev–Trinajstić information content (AvgIpc) is 2.77. The molecule has 0 N–H and O–H groups in total. The summed E-state index contributed by atoms with van der Waals surface area (Å²) in [6, 6.07) is 3.16. The van der Waals surface area contributed by atoms with Crippen molar-refractivity contribution in [1.29, 1.82) is 0 Å². The minimum Gasteiger partial charge on any atom is -0.204 e. The second-order valence-electron chi connectivity index (χ2n) is 10.5. The highest BCUT2D eigenvalue weighted by molar-refractivity contribution is 5.32. The van der Waals surface area contributed by atoms with Crippen molar-refractivity contribution in [2.45, 2.75) is 103 Å². The van der Waals surface area contributed by atoms with Crippen LogP contribution in [0.3, 0.4) is 0 Å². The van der Waals surface area contributed by atoms with Gasteiger partial charge in [-0.15, -0.1) is 0 Å². The van der Waals surface area contributed by atoms with Gasteiger partial charge in [-0.1, -0.05) is 51.5 Å². The van der Waals surface area contributed by atoms with Crippen LogP contribution in [-0.2, 0) is 12.8 Å². The molecule has 0 amide bonds. The van der Waals surface area contributed by atoms with E-state index in [0.717, 1.165) is 48.5 Å². The van der Waals surface area contributed by atoms with E-state index in [1.807, 2.05) is 6.07 Å². The Kier molecular flexibility index (Phi) is 7.30. The van der Waals surface area contributed by atoms with E-state index in [0.29, 0.717) is 11.5 Å². The number of benzene rings is 1. The lowest BCUT2D eigenvalue weighted by atomic mass is 9.65. The predicted molar refractivity (Wildman–Crippen MR) is 117 cm³/mol. The first-order valence-corrected chi connectivity index (χ1v) is 12.6. The van der Waals surface area contributed by atoms with Gasteiger partial charge in [-0.2, -0.15) is 0 Å². The number of hydrogen-bond acceptors (Lipinski definition) is 0. The smallest absolute Gasteiger partial charge is 0.162 e. The molecule has 0 saturated heterocycles. The molecular weight excluding hydrogens is 362 g/mol. The number of fused-ring (bicyclic) bond motifs is 1. The molecule has 3 aliphatic rings. The Labute approximate surface area is 176 Å². The maximum absolute atomic E-state index is 14.0. The Bertz CT molecular complexity index is 651. The van der Waals surface area contributed by atoms with Crippen LogP contribution in [0.25, 0.3) is 0 Å². The first-order chi connectivity index (χ1) is 14.2. The highest BCUT2D eigenvalue weighted by Crippen LogP contribution is 2.45. The van der Waals surface area contributed by atoms with Crippen LogP contribution >= 0.6 is 0 Å². The van der Waals surface area contributed by atoms with Crippen molar-refractivity contribution in [2.24, 2.45) is 29.6 Å². The Morgan fingerprint density at radius 1 is 0.759 bits per heavy atom. The van der Waals surface area contributed by atoms with E-state index in [4.69, 9.17) is 0 Å². The summed E-state index contributed by atoms with van der Waals surface area (Å²) in [5, 5.41) is 0.